The standard InChI is InChI=1S/C21H26FNO4/c1-5-17(14-7-12-19(25-3)20(13-14)26-4)23-21(24)18(6-2)27-16-10-8-15(22)9-11-16/h7-13,17-18H,5-6H2,1-4H3,(H,23,24)/t17-,18-/m1/s1. The first kappa shape index (κ1) is 20.6. The van der Waals surface area contributed by atoms with Gasteiger partial charge in [-0.25, -0.2) is 4.39 Å². The first-order chi connectivity index (χ1) is 13.0. The average molecular weight is 375 g/mol. The molecule has 0 unspecified atom stereocenters. The summed E-state index contributed by atoms with van der Waals surface area (Å²) in [6.07, 6.45) is 0.532. The number of benzene rings is 2. The molecule has 2 rings (SSSR count). The Balaban J connectivity index is 2.11. The van der Waals surface area contributed by atoms with Crippen LogP contribution in [0.2, 0.25) is 0 Å². The number of halogens is 1. The average Bonchev–Trinajstić information content (AvgIpc) is 2.70. The van der Waals surface area contributed by atoms with E-state index in [0.29, 0.717) is 30.1 Å². The molecule has 0 fully saturated rings. The molecule has 0 saturated carbocycles. The van der Waals surface area contributed by atoms with Crippen molar-refractivity contribution in [3.8, 4) is 17.2 Å². The van der Waals surface area contributed by atoms with Crippen LogP contribution in [-0.2, 0) is 4.79 Å². The minimum absolute atomic E-state index is 0.192. The predicted octanol–water partition coefficient (Wildman–Crippen LogP) is 4.27. The van der Waals surface area contributed by atoms with Crippen LogP contribution in [0.5, 0.6) is 17.2 Å². The zero-order valence-corrected chi connectivity index (χ0v) is 16.1. The largest absolute Gasteiger partial charge is 0.493 e. The van der Waals surface area contributed by atoms with Crippen LogP contribution in [0.1, 0.15) is 38.3 Å². The van der Waals surface area contributed by atoms with E-state index < -0.39 is 6.10 Å². The van der Waals surface area contributed by atoms with Crippen molar-refractivity contribution in [3.63, 3.8) is 0 Å². The minimum atomic E-state index is -0.662. The van der Waals surface area contributed by atoms with Gasteiger partial charge in [0.2, 0.25) is 0 Å². The van der Waals surface area contributed by atoms with E-state index >= 15 is 0 Å². The Hall–Kier alpha value is -2.76. The van der Waals surface area contributed by atoms with E-state index in [4.69, 9.17) is 14.2 Å². The molecular formula is C21H26FNO4. The molecule has 0 aromatic heterocycles. The van der Waals surface area contributed by atoms with Gasteiger partial charge in [-0.2, -0.15) is 0 Å². The molecule has 5 nitrogen and oxygen atoms in total. The van der Waals surface area contributed by atoms with Crippen molar-refractivity contribution in [2.24, 2.45) is 0 Å². The Morgan fingerprint density at radius 3 is 2.22 bits per heavy atom. The minimum Gasteiger partial charge on any atom is -0.493 e. The van der Waals surface area contributed by atoms with Crippen LogP contribution in [0.3, 0.4) is 0 Å². The van der Waals surface area contributed by atoms with Crippen LogP contribution < -0.4 is 19.5 Å². The van der Waals surface area contributed by atoms with Gasteiger partial charge in [0.05, 0.1) is 20.3 Å². The third kappa shape index (κ3) is 5.36. The number of methoxy groups -OCH3 is 2. The summed E-state index contributed by atoms with van der Waals surface area (Å²) in [5, 5.41) is 3.02. The summed E-state index contributed by atoms with van der Waals surface area (Å²) in [5.41, 5.74) is 0.917. The number of ether oxygens (including phenoxy) is 3. The van der Waals surface area contributed by atoms with Gasteiger partial charge in [-0.15, -0.1) is 0 Å². The van der Waals surface area contributed by atoms with Crippen LogP contribution in [0.15, 0.2) is 42.5 Å². The second kappa shape index (κ2) is 9.80. The number of rotatable bonds is 9. The second-order valence-electron chi connectivity index (χ2n) is 6.05. The number of hydrogen-bond donors (Lipinski definition) is 1. The number of hydrogen-bond acceptors (Lipinski definition) is 4. The second-order valence-corrected chi connectivity index (χ2v) is 6.05. The van der Waals surface area contributed by atoms with Crippen molar-refractivity contribution in [2.75, 3.05) is 14.2 Å². The normalized spacial score (nSPS) is 12.8. The molecule has 6 heteroatoms. The van der Waals surface area contributed by atoms with Crippen molar-refractivity contribution >= 4 is 5.91 Å². The lowest BCUT2D eigenvalue weighted by atomic mass is 10.0. The fraction of sp³-hybridized carbons (Fsp3) is 0.381. The summed E-state index contributed by atoms with van der Waals surface area (Å²) in [7, 11) is 3.15. The quantitative estimate of drug-likeness (QED) is 0.711. The summed E-state index contributed by atoms with van der Waals surface area (Å²) in [4.78, 5) is 12.7. The van der Waals surface area contributed by atoms with E-state index in [1.54, 1.807) is 14.2 Å². The highest BCUT2D eigenvalue weighted by Crippen LogP contribution is 2.31. The molecule has 1 N–H and O–H groups in total. The predicted molar refractivity (Wildman–Crippen MR) is 102 cm³/mol. The topological polar surface area (TPSA) is 56.8 Å². The van der Waals surface area contributed by atoms with E-state index in [-0.39, 0.29) is 17.8 Å². The van der Waals surface area contributed by atoms with Crippen LogP contribution in [-0.4, -0.2) is 26.2 Å². The molecule has 0 aliphatic rings. The van der Waals surface area contributed by atoms with Gasteiger partial charge in [0.25, 0.3) is 5.91 Å². The fourth-order valence-corrected chi connectivity index (χ4v) is 2.76. The maximum absolute atomic E-state index is 13.0. The van der Waals surface area contributed by atoms with Crippen molar-refractivity contribution in [2.45, 2.75) is 38.8 Å². The third-order valence-corrected chi connectivity index (χ3v) is 4.29. The van der Waals surface area contributed by atoms with E-state index in [2.05, 4.69) is 5.32 Å². The monoisotopic (exact) mass is 375 g/mol. The van der Waals surface area contributed by atoms with Crippen molar-refractivity contribution in [1.29, 1.82) is 0 Å². The highest BCUT2D eigenvalue weighted by Gasteiger charge is 2.22. The summed E-state index contributed by atoms with van der Waals surface area (Å²) in [5.74, 6) is 1.13. The van der Waals surface area contributed by atoms with E-state index in [1.165, 1.54) is 24.3 Å². The summed E-state index contributed by atoms with van der Waals surface area (Å²) >= 11 is 0. The van der Waals surface area contributed by atoms with Crippen LogP contribution in [0, 0.1) is 5.82 Å². The molecule has 0 aliphatic heterocycles. The smallest absolute Gasteiger partial charge is 0.261 e. The number of carbonyl (C=O) groups is 1. The van der Waals surface area contributed by atoms with E-state index in [9.17, 15) is 9.18 Å². The van der Waals surface area contributed by atoms with Gasteiger partial charge in [0.1, 0.15) is 11.6 Å². The SMILES string of the molecule is CC[C@@H](Oc1ccc(F)cc1)C(=O)N[C@H](CC)c1ccc(OC)c(OC)c1. The van der Waals surface area contributed by atoms with Gasteiger partial charge in [-0.3, -0.25) is 4.79 Å². The van der Waals surface area contributed by atoms with Crippen LogP contribution in [0.4, 0.5) is 4.39 Å². The number of amides is 1. The fourth-order valence-electron chi connectivity index (χ4n) is 2.76. The van der Waals surface area contributed by atoms with Gasteiger partial charge in [0, 0.05) is 0 Å². The van der Waals surface area contributed by atoms with Crippen LogP contribution in [0.25, 0.3) is 0 Å². The third-order valence-electron chi connectivity index (χ3n) is 4.29. The first-order valence-electron chi connectivity index (χ1n) is 8.96. The first-order valence-corrected chi connectivity index (χ1v) is 8.96. The van der Waals surface area contributed by atoms with Crippen molar-refractivity contribution in [1.82, 2.24) is 5.32 Å². The molecule has 2 aromatic carbocycles. The molecule has 0 aliphatic carbocycles. The Morgan fingerprint density at radius 1 is 1.00 bits per heavy atom. The Bertz CT molecular complexity index is 748. The summed E-state index contributed by atoms with van der Waals surface area (Å²) in [6.45, 7) is 3.86. The summed E-state index contributed by atoms with van der Waals surface area (Å²) < 4.78 is 29.3. The van der Waals surface area contributed by atoms with Gasteiger partial charge >= 0.3 is 0 Å². The molecule has 2 atom stereocenters. The van der Waals surface area contributed by atoms with Crippen molar-refractivity contribution < 1.29 is 23.4 Å². The Labute approximate surface area is 159 Å². The van der Waals surface area contributed by atoms with Crippen LogP contribution >= 0.6 is 0 Å². The van der Waals surface area contributed by atoms with Gasteiger partial charge < -0.3 is 19.5 Å². The molecule has 0 radical (unpaired) electrons. The lowest BCUT2D eigenvalue weighted by Crippen LogP contribution is -2.39. The lowest BCUT2D eigenvalue weighted by Gasteiger charge is -2.23. The highest BCUT2D eigenvalue weighted by atomic mass is 19.1. The zero-order chi connectivity index (χ0) is 19.8. The molecule has 0 saturated heterocycles. The maximum Gasteiger partial charge on any atom is 0.261 e. The maximum atomic E-state index is 13.0. The van der Waals surface area contributed by atoms with Gasteiger partial charge in [-0.05, 0) is 54.8 Å². The highest BCUT2D eigenvalue weighted by molar-refractivity contribution is 5.81. The molecule has 146 valence electrons. The van der Waals surface area contributed by atoms with Crippen molar-refractivity contribution in [3.05, 3.63) is 53.8 Å². The lowest BCUT2D eigenvalue weighted by molar-refractivity contribution is -0.128. The molecule has 0 spiro atoms. The number of carbonyl (C=O) groups excluding carboxylic acids is 1. The summed E-state index contributed by atoms with van der Waals surface area (Å²) in [6, 6.07) is 11.0. The molecular weight excluding hydrogens is 349 g/mol. The van der Waals surface area contributed by atoms with Gasteiger partial charge in [-0.1, -0.05) is 19.9 Å². The molecule has 2 aromatic rings. The Kier molecular flexibility index (Phi) is 7.46. The molecule has 1 amide bonds. The van der Waals surface area contributed by atoms with E-state index in [0.717, 1.165) is 5.56 Å². The molecule has 27 heavy (non-hydrogen) atoms. The van der Waals surface area contributed by atoms with E-state index in [1.807, 2.05) is 32.0 Å². The number of nitrogens with one attached hydrogen (secondary N) is 1. The molecule has 0 bridgehead atoms. The molecule has 0 heterocycles. The van der Waals surface area contributed by atoms with Gasteiger partial charge in [0.15, 0.2) is 17.6 Å². The Morgan fingerprint density at radius 2 is 1.67 bits per heavy atom. The zero-order valence-electron chi connectivity index (χ0n) is 16.1.